The highest BCUT2D eigenvalue weighted by Crippen LogP contribution is 2.67. The minimum absolute atomic E-state index is 0.148. The highest BCUT2D eigenvalue weighted by Gasteiger charge is 2.63. The lowest BCUT2D eigenvalue weighted by atomic mass is 9.41. The van der Waals surface area contributed by atoms with E-state index in [9.17, 15) is 9.90 Å². The van der Waals surface area contributed by atoms with Crippen LogP contribution in [0.15, 0.2) is 22.8 Å². The zero-order valence-electron chi connectivity index (χ0n) is 16.6. The molecule has 2 saturated carbocycles. The van der Waals surface area contributed by atoms with Gasteiger partial charge in [0, 0.05) is 16.9 Å². The van der Waals surface area contributed by atoms with Crippen LogP contribution in [0.4, 0.5) is 0 Å². The van der Waals surface area contributed by atoms with Gasteiger partial charge in [0.1, 0.15) is 5.60 Å². The molecule has 144 valence electrons. The summed E-state index contributed by atoms with van der Waals surface area (Å²) in [6.07, 6.45) is 10.6. The van der Waals surface area contributed by atoms with Crippen LogP contribution in [0.5, 0.6) is 0 Å². The molecule has 2 nitrogen and oxygen atoms in total. The van der Waals surface area contributed by atoms with Crippen LogP contribution in [0.25, 0.3) is 0 Å². The number of aliphatic hydroxyl groups is 1. The number of hydrogen-bond donors (Lipinski definition) is 1. The van der Waals surface area contributed by atoms with Gasteiger partial charge in [-0.1, -0.05) is 50.9 Å². The van der Waals surface area contributed by atoms with Crippen LogP contribution in [-0.2, 0) is 4.79 Å². The molecule has 7 atom stereocenters. The van der Waals surface area contributed by atoms with Crippen LogP contribution in [0, 0.1) is 34.5 Å². The minimum Gasteiger partial charge on any atom is -0.384 e. The SMILES string of the molecule is CCC1(O)C(Cl)=CC[C@H]2[C@@H]3[C@H](C)CC4=CC(=O)CC[C@]4(C)[C@H]3CC[C@@]21C. The molecule has 3 heteroatoms. The number of ketones is 1. The summed E-state index contributed by atoms with van der Waals surface area (Å²) in [6, 6.07) is 0. The summed E-state index contributed by atoms with van der Waals surface area (Å²) in [5.41, 5.74) is 0.537. The number of fused-ring (bicyclic) bond motifs is 5. The third-order valence-corrected chi connectivity index (χ3v) is 9.57. The first-order valence-electron chi connectivity index (χ1n) is 10.5. The number of allylic oxidation sites excluding steroid dienone is 3. The Balaban J connectivity index is 1.78. The summed E-state index contributed by atoms with van der Waals surface area (Å²) >= 11 is 6.56. The van der Waals surface area contributed by atoms with Gasteiger partial charge in [-0.3, -0.25) is 4.79 Å². The van der Waals surface area contributed by atoms with Crippen LogP contribution in [0.3, 0.4) is 0 Å². The molecule has 0 aliphatic heterocycles. The molecule has 26 heavy (non-hydrogen) atoms. The third-order valence-electron chi connectivity index (χ3n) is 9.10. The van der Waals surface area contributed by atoms with Gasteiger partial charge in [-0.2, -0.15) is 0 Å². The number of hydrogen-bond acceptors (Lipinski definition) is 2. The first kappa shape index (κ1) is 18.7. The van der Waals surface area contributed by atoms with Crippen molar-refractivity contribution in [2.75, 3.05) is 0 Å². The molecule has 0 bridgehead atoms. The zero-order valence-corrected chi connectivity index (χ0v) is 17.4. The number of halogens is 1. The van der Waals surface area contributed by atoms with Crippen molar-refractivity contribution in [1.82, 2.24) is 0 Å². The third kappa shape index (κ3) is 2.24. The average Bonchev–Trinajstić information content (AvgIpc) is 2.60. The van der Waals surface area contributed by atoms with Gasteiger partial charge in [0.15, 0.2) is 5.78 Å². The van der Waals surface area contributed by atoms with E-state index in [1.54, 1.807) is 0 Å². The standard InChI is InChI=1S/C23H33ClO2/c1-5-23(26)19(24)7-6-18-20-14(2)12-15-13-16(25)8-10-21(15,3)17(20)9-11-22(18,23)4/h7,13-14,17-18,20,26H,5-6,8-12H2,1-4H3/t14-,17+,18+,20-,21+,22+,23?/m1/s1. The van der Waals surface area contributed by atoms with E-state index >= 15 is 0 Å². The predicted molar refractivity (Wildman–Crippen MR) is 106 cm³/mol. The van der Waals surface area contributed by atoms with Gasteiger partial charge < -0.3 is 5.11 Å². The molecule has 0 saturated heterocycles. The second-order valence-corrected chi connectivity index (χ2v) is 10.4. The fraction of sp³-hybridized carbons (Fsp3) is 0.783. The lowest BCUT2D eigenvalue weighted by Crippen LogP contribution is -2.61. The van der Waals surface area contributed by atoms with Gasteiger partial charge in [-0.15, -0.1) is 0 Å². The van der Waals surface area contributed by atoms with Gasteiger partial charge in [0.05, 0.1) is 0 Å². The summed E-state index contributed by atoms with van der Waals surface area (Å²) in [5, 5.41) is 12.2. The van der Waals surface area contributed by atoms with Crippen LogP contribution < -0.4 is 0 Å². The minimum atomic E-state index is -0.887. The molecule has 4 aliphatic carbocycles. The summed E-state index contributed by atoms with van der Waals surface area (Å²) in [4.78, 5) is 12.0. The van der Waals surface area contributed by atoms with Gasteiger partial charge >= 0.3 is 0 Å². The molecule has 0 aromatic carbocycles. The Morgan fingerprint density at radius 2 is 2.00 bits per heavy atom. The van der Waals surface area contributed by atoms with Crippen LogP contribution in [0.1, 0.15) is 72.6 Å². The predicted octanol–water partition coefficient (Wildman–Crippen LogP) is 5.64. The molecule has 1 unspecified atom stereocenters. The molecule has 0 amide bonds. The molecule has 0 aromatic rings. The summed E-state index contributed by atoms with van der Waals surface area (Å²) in [7, 11) is 0. The quantitative estimate of drug-likeness (QED) is 0.643. The Hall–Kier alpha value is -0.600. The Morgan fingerprint density at radius 1 is 1.27 bits per heavy atom. The lowest BCUT2D eigenvalue weighted by Gasteiger charge is -2.64. The highest BCUT2D eigenvalue weighted by atomic mass is 35.5. The van der Waals surface area contributed by atoms with Crippen molar-refractivity contribution in [3.05, 3.63) is 22.8 Å². The fourth-order valence-electron chi connectivity index (χ4n) is 7.42. The van der Waals surface area contributed by atoms with Crippen molar-refractivity contribution >= 4 is 17.4 Å². The largest absolute Gasteiger partial charge is 0.384 e. The lowest BCUT2D eigenvalue weighted by molar-refractivity contribution is -0.162. The molecular weight excluding hydrogens is 344 g/mol. The second-order valence-electron chi connectivity index (χ2n) is 9.98. The Bertz CT molecular complexity index is 694. The zero-order chi connectivity index (χ0) is 18.9. The number of rotatable bonds is 1. The Morgan fingerprint density at radius 3 is 2.69 bits per heavy atom. The molecular formula is C23H33ClO2. The normalized spacial score (nSPS) is 50.9. The van der Waals surface area contributed by atoms with E-state index in [0.717, 1.165) is 32.1 Å². The van der Waals surface area contributed by atoms with E-state index in [-0.39, 0.29) is 10.8 Å². The van der Waals surface area contributed by atoms with Crippen LogP contribution >= 0.6 is 11.6 Å². The molecule has 0 heterocycles. The maximum Gasteiger partial charge on any atom is 0.155 e. The van der Waals surface area contributed by atoms with E-state index in [0.29, 0.717) is 47.3 Å². The molecule has 0 aromatic heterocycles. The maximum absolute atomic E-state index is 12.0. The van der Waals surface area contributed by atoms with E-state index in [1.165, 1.54) is 5.57 Å². The van der Waals surface area contributed by atoms with Gasteiger partial charge in [-0.25, -0.2) is 0 Å². The molecule has 2 fully saturated rings. The summed E-state index contributed by atoms with van der Waals surface area (Å²) in [6.45, 7) is 9.13. The smallest absolute Gasteiger partial charge is 0.155 e. The van der Waals surface area contributed by atoms with Gasteiger partial charge in [0.2, 0.25) is 0 Å². The second kappa shape index (κ2) is 5.95. The van der Waals surface area contributed by atoms with Crippen molar-refractivity contribution in [1.29, 1.82) is 0 Å². The van der Waals surface area contributed by atoms with Crippen LogP contribution in [-0.4, -0.2) is 16.5 Å². The van der Waals surface area contributed by atoms with Crippen molar-refractivity contribution in [2.45, 2.75) is 78.2 Å². The van der Waals surface area contributed by atoms with Crippen LogP contribution in [0.2, 0.25) is 0 Å². The fourth-order valence-corrected chi connectivity index (χ4v) is 7.86. The molecule has 0 radical (unpaired) electrons. The van der Waals surface area contributed by atoms with Gasteiger partial charge in [0.25, 0.3) is 0 Å². The Labute approximate surface area is 163 Å². The van der Waals surface area contributed by atoms with E-state index < -0.39 is 5.60 Å². The molecule has 0 spiro atoms. The Kier molecular flexibility index (Phi) is 4.29. The highest BCUT2D eigenvalue weighted by molar-refractivity contribution is 6.30. The van der Waals surface area contributed by atoms with E-state index in [2.05, 4.69) is 33.8 Å². The summed E-state index contributed by atoms with van der Waals surface area (Å²) in [5.74, 6) is 2.57. The topological polar surface area (TPSA) is 37.3 Å². The summed E-state index contributed by atoms with van der Waals surface area (Å²) < 4.78 is 0. The van der Waals surface area contributed by atoms with Crippen molar-refractivity contribution in [2.24, 2.45) is 34.5 Å². The van der Waals surface area contributed by atoms with E-state index in [1.807, 2.05) is 6.08 Å². The molecule has 4 rings (SSSR count). The van der Waals surface area contributed by atoms with Crippen molar-refractivity contribution in [3.8, 4) is 0 Å². The molecule has 1 N–H and O–H groups in total. The average molecular weight is 377 g/mol. The first-order chi connectivity index (χ1) is 12.2. The maximum atomic E-state index is 12.0. The number of carbonyl (C=O) groups is 1. The van der Waals surface area contributed by atoms with Crippen molar-refractivity contribution < 1.29 is 9.90 Å². The number of carbonyl (C=O) groups excluding carboxylic acids is 1. The van der Waals surface area contributed by atoms with Crippen molar-refractivity contribution in [3.63, 3.8) is 0 Å². The molecule has 4 aliphatic rings. The first-order valence-corrected chi connectivity index (χ1v) is 10.9. The van der Waals surface area contributed by atoms with Gasteiger partial charge in [-0.05, 0) is 73.7 Å². The monoisotopic (exact) mass is 376 g/mol. The van der Waals surface area contributed by atoms with E-state index in [4.69, 9.17) is 11.6 Å².